The molecule has 9 heteroatoms. The molecule has 0 fully saturated rings. The van der Waals surface area contributed by atoms with Crippen LogP contribution >= 0.6 is 0 Å². The summed E-state index contributed by atoms with van der Waals surface area (Å²) in [6.07, 6.45) is 0.841. The molecule has 1 N–H and O–H groups in total. The van der Waals surface area contributed by atoms with Crippen LogP contribution in [0.15, 0.2) is 6.20 Å². The van der Waals surface area contributed by atoms with Crippen molar-refractivity contribution in [2.75, 3.05) is 6.67 Å². The number of aryl methyl sites for hydroxylation is 1. The SMILES string of the molecule is CC(C)(C)OC(=O)N[C@H](Cc1cn(CCF)nn1)C(=O)OC(C)(C)C. The Balaban J connectivity index is 2.86. The molecule has 0 aliphatic rings. The highest BCUT2D eigenvalue weighted by molar-refractivity contribution is 5.82. The van der Waals surface area contributed by atoms with Crippen molar-refractivity contribution in [3.05, 3.63) is 11.9 Å². The van der Waals surface area contributed by atoms with Crippen molar-refractivity contribution in [2.45, 2.75) is 71.8 Å². The van der Waals surface area contributed by atoms with Gasteiger partial charge in [0.1, 0.15) is 23.9 Å². The first-order valence-electron chi connectivity index (χ1n) is 8.07. The number of esters is 1. The average Bonchev–Trinajstić information content (AvgIpc) is 2.81. The summed E-state index contributed by atoms with van der Waals surface area (Å²) in [6, 6.07) is -0.996. The van der Waals surface area contributed by atoms with Crippen LogP contribution in [0.25, 0.3) is 0 Å². The van der Waals surface area contributed by atoms with Crippen molar-refractivity contribution in [1.82, 2.24) is 20.3 Å². The molecule has 0 radical (unpaired) electrons. The zero-order valence-electron chi connectivity index (χ0n) is 15.6. The van der Waals surface area contributed by atoms with E-state index < -0.39 is 36.0 Å². The van der Waals surface area contributed by atoms with Gasteiger partial charge in [-0.1, -0.05) is 5.21 Å². The number of nitrogens with zero attached hydrogens (tertiary/aromatic N) is 3. The molecule has 1 heterocycles. The Kier molecular flexibility index (Phi) is 6.89. The highest BCUT2D eigenvalue weighted by Crippen LogP contribution is 2.12. The van der Waals surface area contributed by atoms with Gasteiger partial charge in [0.05, 0.1) is 12.2 Å². The first kappa shape index (κ1) is 20.9. The molecule has 0 unspecified atom stereocenters. The molecule has 1 amide bonds. The third kappa shape index (κ3) is 8.46. The van der Waals surface area contributed by atoms with Gasteiger partial charge in [-0.05, 0) is 41.5 Å². The lowest BCUT2D eigenvalue weighted by Gasteiger charge is -2.25. The quantitative estimate of drug-likeness (QED) is 0.782. The molecule has 0 spiro atoms. The van der Waals surface area contributed by atoms with E-state index in [1.165, 1.54) is 10.9 Å². The van der Waals surface area contributed by atoms with Gasteiger partial charge in [0, 0.05) is 12.6 Å². The summed E-state index contributed by atoms with van der Waals surface area (Å²) >= 11 is 0. The lowest BCUT2D eigenvalue weighted by atomic mass is 10.1. The highest BCUT2D eigenvalue weighted by atomic mass is 19.1. The van der Waals surface area contributed by atoms with Crippen molar-refractivity contribution in [1.29, 1.82) is 0 Å². The summed E-state index contributed by atoms with van der Waals surface area (Å²) in [5, 5.41) is 10.1. The molecule has 1 aromatic heterocycles. The Hall–Kier alpha value is -2.19. The van der Waals surface area contributed by atoms with E-state index in [1.54, 1.807) is 41.5 Å². The first-order chi connectivity index (χ1) is 11.4. The van der Waals surface area contributed by atoms with Crippen LogP contribution in [0, 0.1) is 0 Å². The number of amides is 1. The summed E-state index contributed by atoms with van der Waals surface area (Å²) in [5.41, 5.74) is -0.982. The van der Waals surface area contributed by atoms with Gasteiger partial charge >= 0.3 is 12.1 Å². The standard InChI is InChI=1S/C16H27FN4O4/c1-15(2,3)24-13(22)12(18-14(23)25-16(4,5)6)9-11-10-21(8-7-17)20-19-11/h10,12H,7-9H2,1-6H3,(H,18,23)/t12-/m1/s1. The Bertz CT molecular complexity index is 590. The van der Waals surface area contributed by atoms with E-state index in [1.807, 2.05) is 0 Å². The predicted octanol–water partition coefficient (Wildman–Crippen LogP) is 2.03. The Morgan fingerprint density at radius 3 is 2.32 bits per heavy atom. The third-order valence-electron chi connectivity index (χ3n) is 2.70. The Morgan fingerprint density at radius 2 is 1.80 bits per heavy atom. The summed E-state index contributed by atoms with van der Waals surface area (Å²) in [4.78, 5) is 24.4. The van der Waals surface area contributed by atoms with Crippen molar-refractivity contribution in [2.24, 2.45) is 0 Å². The first-order valence-corrected chi connectivity index (χ1v) is 8.07. The molecule has 25 heavy (non-hydrogen) atoms. The van der Waals surface area contributed by atoms with Crippen LogP contribution in [0.1, 0.15) is 47.2 Å². The molecule has 0 aliphatic carbocycles. The van der Waals surface area contributed by atoms with E-state index in [0.717, 1.165) is 0 Å². The molecule has 0 saturated heterocycles. The number of rotatable bonds is 6. The number of hydrogen-bond donors (Lipinski definition) is 1. The number of ether oxygens (including phenoxy) is 2. The molecular weight excluding hydrogens is 331 g/mol. The smallest absolute Gasteiger partial charge is 0.408 e. The predicted molar refractivity (Wildman–Crippen MR) is 88.7 cm³/mol. The Labute approximate surface area is 147 Å². The van der Waals surface area contributed by atoms with E-state index in [4.69, 9.17) is 9.47 Å². The molecular formula is C16H27FN4O4. The normalized spacial score (nSPS) is 13.2. The highest BCUT2D eigenvalue weighted by Gasteiger charge is 2.29. The molecule has 142 valence electrons. The van der Waals surface area contributed by atoms with Gasteiger partial charge in [0.25, 0.3) is 0 Å². The van der Waals surface area contributed by atoms with Gasteiger partial charge in [-0.25, -0.2) is 18.7 Å². The van der Waals surface area contributed by atoms with E-state index in [9.17, 15) is 14.0 Å². The minimum absolute atomic E-state index is 0.0560. The number of aromatic nitrogens is 3. The molecule has 0 bridgehead atoms. The third-order valence-corrected chi connectivity index (χ3v) is 2.70. The molecule has 1 atom stereocenters. The second kappa shape index (κ2) is 8.26. The van der Waals surface area contributed by atoms with E-state index in [2.05, 4.69) is 15.6 Å². The average molecular weight is 358 g/mol. The monoisotopic (exact) mass is 358 g/mol. The van der Waals surface area contributed by atoms with Crippen molar-refractivity contribution >= 4 is 12.1 Å². The van der Waals surface area contributed by atoms with Crippen LogP contribution in [0.2, 0.25) is 0 Å². The maximum absolute atomic E-state index is 12.4. The number of nitrogens with one attached hydrogen (secondary N) is 1. The summed E-state index contributed by atoms with van der Waals surface area (Å²) in [7, 11) is 0. The second-order valence-electron chi connectivity index (χ2n) is 7.60. The lowest BCUT2D eigenvalue weighted by Crippen LogP contribution is -2.47. The maximum Gasteiger partial charge on any atom is 0.408 e. The van der Waals surface area contributed by atoms with Crippen LogP contribution in [0.3, 0.4) is 0 Å². The van der Waals surface area contributed by atoms with Crippen LogP contribution in [0.4, 0.5) is 9.18 Å². The zero-order chi connectivity index (χ0) is 19.3. The summed E-state index contributed by atoms with van der Waals surface area (Å²) < 4.78 is 24.2. The largest absolute Gasteiger partial charge is 0.458 e. The fourth-order valence-electron chi connectivity index (χ4n) is 1.85. The number of alkyl halides is 1. The van der Waals surface area contributed by atoms with Gasteiger partial charge < -0.3 is 14.8 Å². The number of hydrogen-bond acceptors (Lipinski definition) is 6. The van der Waals surface area contributed by atoms with Gasteiger partial charge in [0.15, 0.2) is 0 Å². The number of carbonyl (C=O) groups is 2. The second-order valence-corrected chi connectivity index (χ2v) is 7.60. The molecule has 1 rings (SSSR count). The summed E-state index contributed by atoms with van der Waals surface area (Å²) in [6.45, 7) is 9.85. The number of carbonyl (C=O) groups excluding carboxylic acids is 2. The van der Waals surface area contributed by atoms with Gasteiger partial charge in [-0.3, -0.25) is 0 Å². The topological polar surface area (TPSA) is 95.3 Å². The van der Waals surface area contributed by atoms with Crippen LogP contribution in [-0.4, -0.2) is 51.0 Å². The summed E-state index contributed by atoms with van der Waals surface area (Å²) in [5.74, 6) is -0.613. The van der Waals surface area contributed by atoms with Crippen LogP contribution in [-0.2, 0) is 27.2 Å². The lowest BCUT2D eigenvalue weighted by molar-refractivity contribution is -0.157. The van der Waals surface area contributed by atoms with E-state index in [0.29, 0.717) is 5.69 Å². The minimum atomic E-state index is -0.996. The van der Waals surface area contributed by atoms with Crippen molar-refractivity contribution in [3.63, 3.8) is 0 Å². The van der Waals surface area contributed by atoms with Gasteiger partial charge in [-0.15, -0.1) is 5.10 Å². The maximum atomic E-state index is 12.4. The molecule has 8 nitrogen and oxygen atoms in total. The number of halogens is 1. The van der Waals surface area contributed by atoms with Crippen LogP contribution in [0.5, 0.6) is 0 Å². The molecule has 0 saturated carbocycles. The molecule has 0 aromatic carbocycles. The van der Waals surface area contributed by atoms with Crippen LogP contribution < -0.4 is 5.32 Å². The Morgan fingerprint density at radius 1 is 1.20 bits per heavy atom. The van der Waals surface area contributed by atoms with Gasteiger partial charge in [-0.2, -0.15) is 0 Å². The molecule has 0 aliphatic heterocycles. The van der Waals surface area contributed by atoms with Crippen molar-refractivity contribution in [3.8, 4) is 0 Å². The minimum Gasteiger partial charge on any atom is -0.458 e. The van der Waals surface area contributed by atoms with E-state index in [-0.39, 0.29) is 13.0 Å². The van der Waals surface area contributed by atoms with Gasteiger partial charge in [0.2, 0.25) is 0 Å². The fraction of sp³-hybridized carbons (Fsp3) is 0.750. The fourth-order valence-corrected chi connectivity index (χ4v) is 1.85. The van der Waals surface area contributed by atoms with Crippen molar-refractivity contribution < 1.29 is 23.5 Å². The molecule has 1 aromatic rings. The van der Waals surface area contributed by atoms with E-state index >= 15 is 0 Å². The number of alkyl carbamates (subject to hydrolysis) is 1. The zero-order valence-corrected chi connectivity index (χ0v) is 15.6.